The molecule has 0 spiro atoms. The SMILES string of the molecule is NS(=O)(=O)c1ccc(NCc2ccc(I)o2)c(Br)c1. The van der Waals surface area contributed by atoms with E-state index >= 15 is 0 Å². The number of furan rings is 1. The summed E-state index contributed by atoms with van der Waals surface area (Å²) in [5.74, 6) is 0.798. The fraction of sp³-hybridized carbons (Fsp3) is 0.0909. The molecule has 0 saturated carbocycles. The molecule has 3 N–H and O–H groups in total. The van der Waals surface area contributed by atoms with Crippen molar-refractivity contribution < 1.29 is 12.8 Å². The van der Waals surface area contributed by atoms with E-state index in [4.69, 9.17) is 9.56 Å². The van der Waals surface area contributed by atoms with Crippen LogP contribution >= 0.6 is 38.5 Å². The first-order valence-electron chi connectivity index (χ1n) is 5.17. The Morgan fingerprint density at radius 2 is 2.05 bits per heavy atom. The van der Waals surface area contributed by atoms with Gasteiger partial charge in [0.1, 0.15) is 5.76 Å². The highest BCUT2D eigenvalue weighted by molar-refractivity contribution is 14.1. The summed E-state index contributed by atoms with van der Waals surface area (Å²) in [5, 5.41) is 8.20. The third-order valence-corrected chi connectivity index (χ3v) is 4.50. The lowest BCUT2D eigenvalue weighted by molar-refractivity contribution is 0.493. The summed E-state index contributed by atoms with van der Waals surface area (Å²) in [6.07, 6.45) is 0. The van der Waals surface area contributed by atoms with E-state index in [0.29, 0.717) is 11.0 Å². The van der Waals surface area contributed by atoms with Crippen LogP contribution in [0.25, 0.3) is 0 Å². The van der Waals surface area contributed by atoms with Gasteiger partial charge in [0.05, 0.1) is 11.4 Å². The molecule has 19 heavy (non-hydrogen) atoms. The molecule has 0 atom stereocenters. The molecule has 1 aromatic heterocycles. The molecular weight excluding hydrogens is 447 g/mol. The van der Waals surface area contributed by atoms with Gasteiger partial charge in [0.15, 0.2) is 3.77 Å². The zero-order valence-electron chi connectivity index (χ0n) is 9.56. The Morgan fingerprint density at radius 3 is 2.58 bits per heavy atom. The average Bonchev–Trinajstić information content (AvgIpc) is 2.72. The predicted octanol–water partition coefficient (Wildman–Crippen LogP) is 2.91. The number of hydrogen-bond acceptors (Lipinski definition) is 4. The molecule has 0 aliphatic carbocycles. The monoisotopic (exact) mass is 456 g/mol. The average molecular weight is 457 g/mol. The van der Waals surface area contributed by atoms with Crippen molar-refractivity contribution in [3.05, 3.63) is 44.3 Å². The summed E-state index contributed by atoms with van der Waals surface area (Å²) in [5.41, 5.74) is 0.763. The summed E-state index contributed by atoms with van der Waals surface area (Å²) in [6.45, 7) is 0.510. The molecule has 0 bridgehead atoms. The van der Waals surface area contributed by atoms with E-state index < -0.39 is 10.0 Å². The van der Waals surface area contributed by atoms with Crippen LogP contribution in [0, 0.1) is 3.77 Å². The van der Waals surface area contributed by atoms with Crippen molar-refractivity contribution in [2.45, 2.75) is 11.4 Å². The molecule has 102 valence electrons. The van der Waals surface area contributed by atoms with Crippen molar-refractivity contribution in [3.8, 4) is 0 Å². The Hall–Kier alpha value is -0.580. The van der Waals surface area contributed by atoms with Crippen molar-refractivity contribution in [2.24, 2.45) is 5.14 Å². The molecule has 0 saturated heterocycles. The molecule has 2 rings (SSSR count). The number of sulfonamides is 1. The number of anilines is 1. The number of halogens is 2. The molecule has 8 heteroatoms. The van der Waals surface area contributed by atoms with Crippen LogP contribution < -0.4 is 10.5 Å². The molecule has 0 fully saturated rings. The minimum atomic E-state index is -3.68. The number of nitrogens with two attached hydrogens (primary N) is 1. The third-order valence-electron chi connectivity index (χ3n) is 2.35. The second-order valence-electron chi connectivity index (χ2n) is 3.75. The summed E-state index contributed by atoms with van der Waals surface area (Å²) in [7, 11) is -3.68. The Labute approximate surface area is 132 Å². The number of nitrogens with one attached hydrogen (secondary N) is 1. The van der Waals surface area contributed by atoms with Crippen molar-refractivity contribution in [3.63, 3.8) is 0 Å². The van der Waals surface area contributed by atoms with Gasteiger partial charge in [-0.3, -0.25) is 0 Å². The molecule has 0 unspecified atom stereocenters. The van der Waals surface area contributed by atoms with Crippen LogP contribution in [0.4, 0.5) is 5.69 Å². The molecule has 5 nitrogen and oxygen atoms in total. The van der Waals surface area contributed by atoms with E-state index in [1.165, 1.54) is 12.1 Å². The first-order chi connectivity index (χ1) is 8.86. The second kappa shape index (κ2) is 5.81. The first-order valence-corrected chi connectivity index (χ1v) is 8.58. The van der Waals surface area contributed by atoms with Crippen LogP contribution in [0.1, 0.15) is 5.76 Å². The summed E-state index contributed by atoms with van der Waals surface area (Å²) >= 11 is 5.39. The lowest BCUT2D eigenvalue weighted by atomic mass is 10.3. The van der Waals surface area contributed by atoms with E-state index in [1.54, 1.807) is 6.07 Å². The van der Waals surface area contributed by atoms with E-state index in [0.717, 1.165) is 15.2 Å². The Kier molecular flexibility index (Phi) is 4.54. The lowest BCUT2D eigenvalue weighted by Crippen LogP contribution is -2.12. The largest absolute Gasteiger partial charge is 0.454 e. The summed E-state index contributed by atoms with van der Waals surface area (Å²) in [4.78, 5) is 0.0671. The van der Waals surface area contributed by atoms with E-state index in [2.05, 4.69) is 43.8 Å². The van der Waals surface area contributed by atoms with Gasteiger partial charge in [0.25, 0.3) is 0 Å². The van der Waals surface area contributed by atoms with Crippen LogP contribution in [-0.4, -0.2) is 8.42 Å². The standard InChI is InChI=1S/C11H10BrIN2O3S/c12-9-5-8(19(14,16)17)2-3-10(9)15-6-7-1-4-11(13)18-7/h1-5,15H,6H2,(H2,14,16,17). The van der Waals surface area contributed by atoms with Gasteiger partial charge in [-0.05, 0) is 68.9 Å². The van der Waals surface area contributed by atoms with Crippen LogP contribution in [0.2, 0.25) is 0 Å². The van der Waals surface area contributed by atoms with Gasteiger partial charge < -0.3 is 9.73 Å². The highest BCUT2D eigenvalue weighted by Crippen LogP contribution is 2.26. The van der Waals surface area contributed by atoms with Crippen LogP contribution in [0.3, 0.4) is 0 Å². The predicted molar refractivity (Wildman–Crippen MR) is 84.3 cm³/mol. The van der Waals surface area contributed by atoms with Gasteiger partial charge in [-0.2, -0.15) is 0 Å². The molecular formula is C11H10BrIN2O3S. The van der Waals surface area contributed by atoms with Crippen LogP contribution in [0.15, 0.2) is 44.1 Å². The number of benzene rings is 1. The maximum atomic E-state index is 11.2. The fourth-order valence-electron chi connectivity index (χ4n) is 1.45. The third kappa shape index (κ3) is 3.94. The van der Waals surface area contributed by atoms with Gasteiger partial charge in [0.2, 0.25) is 10.0 Å². The topological polar surface area (TPSA) is 85.3 Å². The van der Waals surface area contributed by atoms with Gasteiger partial charge in [-0.25, -0.2) is 13.6 Å². The van der Waals surface area contributed by atoms with E-state index in [1.807, 2.05) is 12.1 Å². The van der Waals surface area contributed by atoms with E-state index in [-0.39, 0.29) is 4.90 Å². The number of primary sulfonamides is 1. The minimum absolute atomic E-state index is 0.0671. The first kappa shape index (κ1) is 14.8. The smallest absolute Gasteiger partial charge is 0.238 e. The van der Waals surface area contributed by atoms with Crippen LogP contribution in [0.5, 0.6) is 0 Å². The zero-order valence-corrected chi connectivity index (χ0v) is 14.1. The lowest BCUT2D eigenvalue weighted by Gasteiger charge is -2.08. The number of rotatable bonds is 4. The Morgan fingerprint density at radius 1 is 1.32 bits per heavy atom. The normalized spacial score (nSPS) is 11.5. The quantitative estimate of drug-likeness (QED) is 0.692. The highest BCUT2D eigenvalue weighted by Gasteiger charge is 2.10. The van der Waals surface area contributed by atoms with Crippen molar-refractivity contribution in [2.75, 3.05) is 5.32 Å². The highest BCUT2D eigenvalue weighted by atomic mass is 127. The molecule has 1 heterocycles. The maximum Gasteiger partial charge on any atom is 0.238 e. The summed E-state index contributed by atoms with van der Waals surface area (Å²) in [6, 6.07) is 8.31. The number of hydrogen-bond donors (Lipinski definition) is 2. The minimum Gasteiger partial charge on any atom is -0.454 e. The van der Waals surface area contributed by atoms with Gasteiger partial charge in [-0.15, -0.1) is 0 Å². The molecule has 0 radical (unpaired) electrons. The van der Waals surface area contributed by atoms with Crippen molar-refractivity contribution in [1.29, 1.82) is 0 Å². The van der Waals surface area contributed by atoms with Gasteiger partial charge in [-0.1, -0.05) is 0 Å². The van der Waals surface area contributed by atoms with Gasteiger partial charge in [0, 0.05) is 10.2 Å². The fourth-order valence-corrected chi connectivity index (χ4v) is 3.12. The summed E-state index contributed by atoms with van der Waals surface area (Å²) < 4.78 is 29.3. The Balaban J connectivity index is 2.14. The zero-order chi connectivity index (χ0) is 14.0. The van der Waals surface area contributed by atoms with Crippen molar-refractivity contribution >= 4 is 54.2 Å². The van der Waals surface area contributed by atoms with Gasteiger partial charge >= 0.3 is 0 Å². The maximum absolute atomic E-state index is 11.2. The molecule has 0 aliphatic heterocycles. The molecule has 1 aromatic carbocycles. The van der Waals surface area contributed by atoms with Crippen LogP contribution in [-0.2, 0) is 16.6 Å². The van der Waals surface area contributed by atoms with Crippen molar-refractivity contribution in [1.82, 2.24) is 0 Å². The Bertz CT molecular complexity index is 700. The van der Waals surface area contributed by atoms with E-state index in [9.17, 15) is 8.42 Å². The second-order valence-corrected chi connectivity index (χ2v) is 7.23. The molecule has 2 aromatic rings. The molecule has 0 amide bonds. The molecule has 0 aliphatic rings.